The Kier molecular flexibility index (Phi) is 6.29. The Balaban J connectivity index is 1.50. The van der Waals surface area contributed by atoms with Gasteiger partial charge in [0.1, 0.15) is 0 Å². The molecule has 0 unspecified atom stereocenters. The Hall–Kier alpha value is -2.33. The fourth-order valence-corrected chi connectivity index (χ4v) is 3.48. The number of carbonyl (C=O) groups is 1. The van der Waals surface area contributed by atoms with Crippen LogP contribution in [0.1, 0.15) is 30.4 Å². The van der Waals surface area contributed by atoms with Gasteiger partial charge in [-0.2, -0.15) is 0 Å². The summed E-state index contributed by atoms with van der Waals surface area (Å²) < 4.78 is 0. The van der Waals surface area contributed by atoms with Crippen molar-refractivity contribution in [2.24, 2.45) is 0 Å². The van der Waals surface area contributed by atoms with Gasteiger partial charge in [0, 0.05) is 31.0 Å². The van der Waals surface area contributed by atoms with E-state index in [1.54, 1.807) is 0 Å². The molecule has 1 aliphatic rings. The van der Waals surface area contributed by atoms with Gasteiger partial charge in [0.2, 0.25) is 5.91 Å². The second-order valence-electron chi connectivity index (χ2n) is 7.25. The first-order valence-corrected chi connectivity index (χ1v) is 9.50. The van der Waals surface area contributed by atoms with Crippen molar-refractivity contribution in [3.63, 3.8) is 0 Å². The molecular weight excluding hydrogens is 322 g/mol. The topological polar surface area (TPSA) is 35.6 Å². The van der Waals surface area contributed by atoms with Crippen molar-refractivity contribution in [2.75, 3.05) is 36.9 Å². The molecule has 0 saturated carbocycles. The Morgan fingerprint density at radius 3 is 2.42 bits per heavy atom. The van der Waals surface area contributed by atoms with Crippen LogP contribution in [0.2, 0.25) is 0 Å². The fraction of sp³-hybridized carbons (Fsp3) is 0.409. The summed E-state index contributed by atoms with van der Waals surface area (Å²) >= 11 is 0. The molecule has 1 amide bonds. The summed E-state index contributed by atoms with van der Waals surface area (Å²) in [5.74, 6) is 0.0201. The number of piperidine rings is 1. The molecule has 2 aromatic rings. The first-order chi connectivity index (χ1) is 12.6. The summed E-state index contributed by atoms with van der Waals surface area (Å²) in [6.45, 7) is 5.48. The van der Waals surface area contributed by atoms with Crippen LogP contribution in [0.5, 0.6) is 0 Å². The number of nitrogens with zero attached hydrogens (tertiary/aromatic N) is 2. The van der Waals surface area contributed by atoms with Crippen LogP contribution in [-0.2, 0) is 11.3 Å². The van der Waals surface area contributed by atoms with Crippen molar-refractivity contribution in [2.45, 2.75) is 32.7 Å². The quantitative estimate of drug-likeness (QED) is 0.853. The Bertz CT molecular complexity index is 720. The minimum atomic E-state index is 0.0201. The predicted octanol–water partition coefficient (Wildman–Crippen LogP) is 4.06. The van der Waals surface area contributed by atoms with E-state index in [-0.39, 0.29) is 5.91 Å². The average Bonchev–Trinajstić information content (AvgIpc) is 2.65. The highest BCUT2D eigenvalue weighted by Gasteiger charge is 2.12. The molecular formula is C22H29N3O. The third-order valence-corrected chi connectivity index (χ3v) is 4.94. The van der Waals surface area contributed by atoms with Crippen LogP contribution in [-0.4, -0.2) is 37.5 Å². The van der Waals surface area contributed by atoms with Crippen molar-refractivity contribution in [1.29, 1.82) is 0 Å². The molecule has 0 atom stereocenters. The third-order valence-electron chi connectivity index (χ3n) is 4.94. The molecule has 0 bridgehead atoms. The zero-order chi connectivity index (χ0) is 18.4. The molecule has 2 aromatic carbocycles. The second kappa shape index (κ2) is 8.86. The monoisotopic (exact) mass is 351 g/mol. The minimum absolute atomic E-state index is 0.0201. The highest BCUT2D eigenvalue weighted by Crippen LogP contribution is 2.20. The number of para-hydroxylation sites is 1. The summed E-state index contributed by atoms with van der Waals surface area (Å²) in [7, 11) is 1.98. The van der Waals surface area contributed by atoms with Crippen LogP contribution in [0.3, 0.4) is 0 Å². The van der Waals surface area contributed by atoms with Crippen molar-refractivity contribution in [3.8, 4) is 0 Å². The lowest BCUT2D eigenvalue weighted by atomic mass is 10.1. The number of benzene rings is 2. The van der Waals surface area contributed by atoms with Gasteiger partial charge in [0.25, 0.3) is 0 Å². The zero-order valence-electron chi connectivity index (χ0n) is 15.9. The molecule has 0 aromatic heterocycles. The van der Waals surface area contributed by atoms with Gasteiger partial charge in [-0.25, -0.2) is 0 Å². The maximum Gasteiger partial charge on any atom is 0.238 e. The van der Waals surface area contributed by atoms with Gasteiger partial charge in [0.05, 0.1) is 6.54 Å². The SMILES string of the molecule is Cc1ccccc1NC(=O)CN(C)Cc1ccc(N2CCCCC2)cc1. The number of amides is 1. The van der Waals surface area contributed by atoms with E-state index in [2.05, 4.69) is 34.5 Å². The molecule has 138 valence electrons. The fourth-order valence-electron chi connectivity index (χ4n) is 3.48. The van der Waals surface area contributed by atoms with Gasteiger partial charge in [-0.05, 0) is 62.6 Å². The minimum Gasteiger partial charge on any atom is -0.372 e. The van der Waals surface area contributed by atoms with E-state index < -0.39 is 0 Å². The van der Waals surface area contributed by atoms with E-state index in [1.807, 2.05) is 43.1 Å². The Morgan fingerprint density at radius 1 is 1.04 bits per heavy atom. The summed E-state index contributed by atoms with van der Waals surface area (Å²) in [5.41, 5.74) is 4.51. The van der Waals surface area contributed by atoms with Crippen LogP contribution in [0.25, 0.3) is 0 Å². The molecule has 1 aliphatic heterocycles. The average molecular weight is 351 g/mol. The maximum absolute atomic E-state index is 12.3. The van der Waals surface area contributed by atoms with E-state index in [9.17, 15) is 4.79 Å². The number of aryl methyl sites for hydroxylation is 1. The number of nitrogens with one attached hydrogen (secondary N) is 1. The molecule has 1 saturated heterocycles. The lowest BCUT2D eigenvalue weighted by Crippen LogP contribution is -2.30. The summed E-state index contributed by atoms with van der Waals surface area (Å²) in [5, 5.41) is 2.99. The molecule has 0 spiro atoms. The molecule has 1 heterocycles. The van der Waals surface area contributed by atoms with Gasteiger partial charge in [-0.15, -0.1) is 0 Å². The molecule has 4 nitrogen and oxygen atoms in total. The van der Waals surface area contributed by atoms with Crippen molar-refractivity contribution in [3.05, 3.63) is 59.7 Å². The van der Waals surface area contributed by atoms with E-state index in [0.717, 1.165) is 17.8 Å². The van der Waals surface area contributed by atoms with Gasteiger partial charge in [-0.1, -0.05) is 30.3 Å². The predicted molar refractivity (Wildman–Crippen MR) is 109 cm³/mol. The normalized spacial score (nSPS) is 14.5. The van der Waals surface area contributed by atoms with E-state index in [0.29, 0.717) is 6.54 Å². The third kappa shape index (κ3) is 5.09. The Morgan fingerprint density at radius 2 is 1.73 bits per heavy atom. The van der Waals surface area contributed by atoms with Crippen molar-refractivity contribution < 1.29 is 4.79 Å². The van der Waals surface area contributed by atoms with Gasteiger partial charge in [-0.3, -0.25) is 9.69 Å². The first-order valence-electron chi connectivity index (χ1n) is 9.50. The van der Waals surface area contributed by atoms with Crippen molar-refractivity contribution in [1.82, 2.24) is 4.90 Å². The summed E-state index contributed by atoms with van der Waals surface area (Å²) in [6, 6.07) is 16.6. The highest BCUT2D eigenvalue weighted by atomic mass is 16.2. The molecule has 0 radical (unpaired) electrons. The number of rotatable bonds is 6. The molecule has 1 fully saturated rings. The maximum atomic E-state index is 12.3. The number of likely N-dealkylation sites (N-methyl/N-ethyl adjacent to an activating group) is 1. The standard InChI is InChI=1S/C22H29N3O/c1-18-8-4-5-9-21(18)23-22(26)17-24(2)16-19-10-12-20(13-11-19)25-14-6-3-7-15-25/h4-5,8-13H,3,6-7,14-17H2,1-2H3,(H,23,26). The lowest BCUT2D eigenvalue weighted by Gasteiger charge is -2.29. The summed E-state index contributed by atoms with van der Waals surface area (Å²) in [6.07, 6.45) is 3.94. The van der Waals surface area contributed by atoms with Crippen LogP contribution >= 0.6 is 0 Å². The second-order valence-corrected chi connectivity index (χ2v) is 7.25. The molecule has 0 aliphatic carbocycles. The van der Waals surface area contributed by atoms with Gasteiger partial charge < -0.3 is 10.2 Å². The molecule has 26 heavy (non-hydrogen) atoms. The largest absolute Gasteiger partial charge is 0.372 e. The molecule has 1 N–H and O–H groups in total. The van der Waals surface area contributed by atoms with E-state index in [1.165, 1.54) is 43.6 Å². The van der Waals surface area contributed by atoms with Crippen LogP contribution < -0.4 is 10.2 Å². The van der Waals surface area contributed by atoms with Crippen LogP contribution in [0, 0.1) is 6.92 Å². The number of anilines is 2. The lowest BCUT2D eigenvalue weighted by molar-refractivity contribution is -0.117. The van der Waals surface area contributed by atoms with Crippen LogP contribution in [0.4, 0.5) is 11.4 Å². The highest BCUT2D eigenvalue weighted by molar-refractivity contribution is 5.92. The zero-order valence-corrected chi connectivity index (χ0v) is 15.9. The van der Waals surface area contributed by atoms with Gasteiger partial charge >= 0.3 is 0 Å². The van der Waals surface area contributed by atoms with E-state index in [4.69, 9.17) is 0 Å². The first kappa shape index (κ1) is 18.5. The number of hydrogen-bond acceptors (Lipinski definition) is 3. The molecule has 4 heteroatoms. The molecule has 3 rings (SSSR count). The summed E-state index contributed by atoms with van der Waals surface area (Å²) in [4.78, 5) is 16.8. The van der Waals surface area contributed by atoms with E-state index >= 15 is 0 Å². The number of carbonyl (C=O) groups excluding carboxylic acids is 1. The van der Waals surface area contributed by atoms with Crippen LogP contribution in [0.15, 0.2) is 48.5 Å². The van der Waals surface area contributed by atoms with Gasteiger partial charge in [0.15, 0.2) is 0 Å². The number of hydrogen-bond donors (Lipinski definition) is 1. The Labute approximate surface area is 156 Å². The van der Waals surface area contributed by atoms with Crippen molar-refractivity contribution >= 4 is 17.3 Å². The smallest absolute Gasteiger partial charge is 0.238 e.